The van der Waals surface area contributed by atoms with E-state index in [1.807, 2.05) is 4.90 Å². The number of amides is 1. The summed E-state index contributed by atoms with van der Waals surface area (Å²) in [6, 6.07) is -0.296. The van der Waals surface area contributed by atoms with Gasteiger partial charge in [-0.15, -0.1) is 0 Å². The first-order chi connectivity index (χ1) is 6.52. The normalized spacial score (nSPS) is 25.6. The van der Waals surface area contributed by atoms with Crippen molar-refractivity contribution in [2.45, 2.75) is 19.1 Å². The van der Waals surface area contributed by atoms with Gasteiger partial charge >= 0.3 is 0 Å². The quantitative estimate of drug-likeness (QED) is 0.583. The second-order valence-corrected chi connectivity index (χ2v) is 3.81. The SMILES string of the molecule is CC(C(N)=O)N1CCOC(C(N)=S)C1. The third-order valence-electron chi connectivity index (χ3n) is 2.37. The third-order valence-corrected chi connectivity index (χ3v) is 2.64. The van der Waals surface area contributed by atoms with E-state index in [1.54, 1.807) is 6.92 Å². The van der Waals surface area contributed by atoms with Crippen LogP contribution in [0.1, 0.15) is 6.92 Å². The van der Waals surface area contributed by atoms with Gasteiger partial charge in [0.05, 0.1) is 12.6 Å². The van der Waals surface area contributed by atoms with Crippen LogP contribution in [0.5, 0.6) is 0 Å². The van der Waals surface area contributed by atoms with E-state index in [0.717, 1.165) is 0 Å². The van der Waals surface area contributed by atoms with Gasteiger partial charge in [0.2, 0.25) is 5.91 Å². The average Bonchev–Trinajstić information content (AvgIpc) is 2.16. The summed E-state index contributed by atoms with van der Waals surface area (Å²) in [6.07, 6.45) is -0.263. The summed E-state index contributed by atoms with van der Waals surface area (Å²) in [5.41, 5.74) is 10.7. The Morgan fingerprint density at radius 2 is 2.29 bits per heavy atom. The summed E-state index contributed by atoms with van der Waals surface area (Å²) in [4.78, 5) is 13.2. The van der Waals surface area contributed by atoms with Gasteiger partial charge in [0, 0.05) is 13.1 Å². The number of rotatable bonds is 3. The van der Waals surface area contributed by atoms with Crippen LogP contribution in [0.2, 0.25) is 0 Å². The number of ether oxygens (including phenoxy) is 1. The van der Waals surface area contributed by atoms with Crippen LogP contribution in [0.15, 0.2) is 0 Å². The zero-order valence-corrected chi connectivity index (χ0v) is 8.92. The third kappa shape index (κ3) is 2.63. The number of hydrogen-bond donors (Lipinski definition) is 2. The molecule has 0 bridgehead atoms. The van der Waals surface area contributed by atoms with Gasteiger partial charge < -0.3 is 16.2 Å². The molecule has 1 heterocycles. The average molecular weight is 217 g/mol. The molecule has 0 aromatic carbocycles. The van der Waals surface area contributed by atoms with Crippen molar-refractivity contribution >= 4 is 23.1 Å². The highest BCUT2D eigenvalue weighted by Crippen LogP contribution is 2.08. The largest absolute Gasteiger partial charge is 0.391 e. The molecule has 2 unspecified atom stereocenters. The van der Waals surface area contributed by atoms with Gasteiger partial charge in [0.15, 0.2) is 0 Å². The minimum absolute atomic E-state index is 0.263. The number of hydrogen-bond acceptors (Lipinski definition) is 4. The predicted molar refractivity (Wildman–Crippen MR) is 56.8 cm³/mol. The number of nitrogens with zero attached hydrogens (tertiary/aromatic N) is 1. The number of morpholine rings is 1. The number of carbonyl (C=O) groups is 1. The lowest BCUT2D eigenvalue weighted by Gasteiger charge is -2.34. The molecular weight excluding hydrogens is 202 g/mol. The van der Waals surface area contributed by atoms with Crippen LogP contribution in [-0.2, 0) is 9.53 Å². The van der Waals surface area contributed by atoms with Crippen LogP contribution < -0.4 is 11.5 Å². The standard InChI is InChI=1S/C8H15N3O2S/c1-5(7(9)12)11-2-3-13-6(4-11)8(10)14/h5-6H,2-4H2,1H3,(H2,9,12)(H2,10,14). The lowest BCUT2D eigenvalue weighted by atomic mass is 10.2. The molecule has 6 heteroatoms. The number of nitrogens with two attached hydrogens (primary N) is 2. The fourth-order valence-corrected chi connectivity index (χ4v) is 1.52. The molecule has 5 nitrogen and oxygen atoms in total. The summed E-state index contributed by atoms with van der Waals surface area (Å²) in [5.74, 6) is -0.339. The number of carbonyl (C=O) groups excluding carboxylic acids is 1. The molecule has 0 radical (unpaired) electrons. The molecule has 0 aromatic heterocycles. The van der Waals surface area contributed by atoms with Crippen LogP contribution in [0.3, 0.4) is 0 Å². The maximum Gasteiger partial charge on any atom is 0.234 e. The van der Waals surface area contributed by atoms with Gasteiger partial charge in [-0.25, -0.2) is 0 Å². The van der Waals surface area contributed by atoms with E-state index < -0.39 is 0 Å². The first-order valence-corrected chi connectivity index (χ1v) is 4.87. The molecule has 0 saturated carbocycles. The Bertz CT molecular complexity index is 235. The van der Waals surface area contributed by atoms with Crippen LogP contribution in [0, 0.1) is 0 Å². The van der Waals surface area contributed by atoms with E-state index >= 15 is 0 Å². The molecule has 1 aliphatic rings. The van der Waals surface area contributed by atoms with E-state index in [9.17, 15) is 4.79 Å². The topological polar surface area (TPSA) is 81.6 Å². The summed E-state index contributed by atoms with van der Waals surface area (Å²) < 4.78 is 5.34. The number of thiocarbonyl (C=S) groups is 1. The van der Waals surface area contributed by atoms with Crippen molar-refractivity contribution in [1.82, 2.24) is 4.90 Å². The van der Waals surface area contributed by atoms with Crippen molar-refractivity contribution in [2.75, 3.05) is 19.7 Å². The van der Waals surface area contributed by atoms with E-state index in [0.29, 0.717) is 24.7 Å². The zero-order valence-electron chi connectivity index (χ0n) is 8.10. The maximum atomic E-state index is 11.0. The van der Waals surface area contributed by atoms with E-state index in [2.05, 4.69) is 0 Å². The first kappa shape index (κ1) is 11.4. The van der Waals surface area contributed by atoms with Crippen LogP contribution in [0.4, 0.5) is 0 Å². The smallest absolute Gasteiger partial charge is 0.234 e. The Hall–Kier alpha value is -0.720. The Labute approximate surface area is 88.4 Å². The highest BCUT2D eigenvalue weighted by Gasteiger charge is 2.27. The Kier molecular flexibility index (Phi) is 3.79. The van der Waals surface area contributed by atoms with Crippen LogP contribution in [-0.4, -0.2) is 47.6 Å². The lowest BCUT2D eigenvalue weighted by Crippen LogP contribution is -2.53. The molecule has 0 aliphatic carbocycles. The predicted octanol–water partition coefficient (Wildman–Crippen LogP) is -1.15. The monoisotopic (exact) mass is 217 g/mol. The van der Waals surface area contributed by atoms with Gasteiger partial charge in [0.25, 0.3) is 0 Å². The van der Waals surface area contributed by atoms with Gasteiger partial charge in [-0.05, 0) is 6.92 Å². The van der Waals surface area contributed by atoms with E-state index in [1.165, 1.54) is 0 Å². The molecule has 0 aromatic rings. The molecule has 1 amide bonds. The molecule has 1 saturated heterocycles. The second-order valence-electron chi connectivity index (χ2n) is 3.34. The first-order valence-electron chi connectivity index (χ1n) is 4.46. The molecular formula is C8H15N3O2S. The van der Waals surface area contributed by atoms with Crippen LogP contribution in [0.25, 0.3) is 0 Å². The van der Waals surface area contributed by atoms with Crippen molar-refractivity contribution < 1.29 is 9.53 Å². The lowest BCUT2D eigenvalue weighted by molar-refractivity contribution is -0.124. The Balaban J connectivity index is 2.55. The van der Waals surface area contributed by atoms with E-state index in [4.69, 9.17) is 28.4 Å². The summed E-state index contributed by atoms with van der Waals surface area (Å²) >= 11 is 4.83. The molecule has 2 atom stereocenters. The fourth-order valence-electron chi connectivity index (χ4n) is 1.37. The highest BCUT2D eigenvalue weighted by atomic mass is 32.1. The molecule has 1 rings (SSSR count). The molecule has 0 spiro atoms. The Morgan fingerprint density at radius 3 is 2.79 bits per heavy atom. The van der Waals surface area contributed by atoms with Gasteiger partial charge in [-0.1, -0.05) is 12.2 Å². The molecule has 1 aliphatic heterocycles. The maximum absolute atomic E-state index is 11.0. The summed E-state index contributed by atoms with van der Waals surface area (Å²) in [7, 11) is 0. The highest BCUT2D eigenvalue weighted by molar-refractivity contribution is 7.80. The van der Waals surface area contributed by atoms with Gasteiger partial charge in [-0.2, -0.15) is 0 Å². The van der Waals surface area contributed by atoms with Crippen molar-refractivity contribution in [3.8, 4) is 0 Å². The Morgan fingerprint density at radius 1 is 1.64 bits per heavy atom. The van der Waals surface area contributed by atoms with Gasteiger partial charge in [0.1, 0.15) is 11.1 Å². The second kappa shape index (κ2) is 4.68. The summed E-state index contributed by atoms with van der Waals surface area (Å²) in [5, 5.41) is 0. The fraction of sp³-hybridized carbons (Fsp3) is 0.750. The minimum atomic E-state index is -0.339. The molecule has 4 N–H and O–H groups in total. The number of primary amides is 1. The van der Waals surface area contributed by atoms with Crippen molar-refractivity contribution in [1.29, 1.82) is 0 Å². The minimum Gasteiger partial charge on any atom is -0.391 e. The van der Waals surface area contributed by atoms with E-state index in [-0.39, 0.29) is 18.1 Å². The zero-order chi connectivity index (χ0) is 10.7. The van der Waals surface area contributed by atoms with Crippen molar-refractivity contribution in [3.05, 3.63) is 0 Å². The van der Waals surface area contributed by atoms with Crippen molar-refractivity contribution in [3.63, 3.8) is 0 Å². The molecule has 1 fully saturated rings. The molecule has 80 valence electrons. The summed E-state index contributed by atoms with van der Waals surface area (Å²) in [6.45, 7) is 3.52. The van der Waals surface area contributed by atoms with Crippen molar-refractivity contribution in [2.24, 2.45) is 11.5 Å². The molecule has 14 heavy (non-hydrogen) atoms. The van der Waals surface area contributed by atoms with Crippen LogP contribution >= 0.6 is 12.2 Å². The van der Waals surface area contributed by atoms with Gasteiger partial charge in [-0.3, -0.25) is 9.69 Å².